The van der Waals surface area contributed by atoms with Crippen LogP contribution in [-0.4, -0.2) is 67.5 Å². The molecule has 3 rings (SSSR count). The van der Waals surface area contributed by atoms with Crippen LogP contribution in [-0.2, 0) is 4.74 Å². The molecule has 2 aliphatic heterocycles. The Morgan fingerprint density at radius 1 is 1.39 bits per heavy atom. The molecule has 0 aliphatic carbocycles. The first-order chi connectivity index (χ1) is 11.1. The van der Waals surface area contributed by atoms with Gasteiger partial charge in [0, 0.05) is 59.4 Å². The Hall–Kier alpha value is -1.17. The highest BCUT2D eigenvalue weighted by molar-refractivity contribution is 5.40. The molecule has 0 bridgehead atoms. The first kappa shape index (κ1) is 16.7. The van der Waals surface area contributed by atoms with Crippen LogP contribution >= 0.6 is 0 Å². The van der Waals surface area contributed by atoms with Gasteiger partial charge in [-0.05, 0) is 43.0 Å². The number of piperidine rings is 1. The molecule has 0 amide bonds. The highest BCUT2D eigenvalue weighted by atomic mass is 16.5. The van der Waals surface area contributed by atoms with Gasteiger partial charge in [-0.2, -0.15) is 0 Å². The van der Waals surface area contributed by atoms with E-state index in [-0.39, 0.29) is 0 Å². The summed E-state index contributed by atoms with van der Waals surface area (Å²) in [5.41, 5.74) is 0.806. The predicted octanol–water partition coefficient (Wildman–Crippen LogP) is 1.87. The zero-order valence-corrected chi connectivity index (χ0v) is 14.4. The third kappa shape index (κ3) is 4.22. The number of nitrogens with zero attached hydrogens (tertiary/aromatic N) is 3. The molecule has 0 aromatic carbocycles. The van der Waals surface area contributed by atoms with Crippen LogP contribution in [0.1, 0.15) is 37.2 Å². The molecule has 2 saturated heterocycles. The van der Waals surface area contributed by atoms with E-state index in [1.165, 1.54) is 18.4 Å². The first-order valence-electron chi connectivity index (χ1n) is 8.71. The average Bonchev–Trinajstić information content (AvgIpc) is 2.55. The van der Waals surface area contributed by atoms with Gasteiger partial charge in [0.2, 0.25) is 0 Å². The number of aromatic nitrogens is 1. The van der Waals surface area contributed by atoms with Gasteiger partial charge in [0.15, 0.2) is 0 Å². The zero-order valence-electron chi connectivity index (χ0n) is 14.4. The second-order valence-corrected chi connectivity index (χ2v) is 7.25. The molecule has 2 fully saturated rings. The van der Waals surface area contributed by atoms with E-state index in [0.29, 0.717) is 19.1 Å². The first-order valence-corrected chi connectivity index (χ1v) is 8.71. The zero-order chi connectivity index (χ0) is 16.3. The number of likely N-dealkylation sites (tertiary alicyclic amines) is 1. The minimum atomic E-state index is -0.562. The van der Waals surface area contributed by atoms with Crippen molar-refractivity contribution in [2.24, 2.45) is 0 Å². The topological polar surface area (TPSA) is 48.8 Å². The van der Waals surface area contributed by atoms with Gasteiger partial charge in [-0.3, -0.25) is 4.90 Å². The summed E-state index contributed by atoms with van der Waals surface area (Å²) < 4.78 is 5.39. The molecule has 23 heavy (non-hydrogen) atoms. The number of hydrogen-bond acceptors (Lipinski definition) is 5. The Kier molecular flexibility index (Phi) is 5.19. The smallest absolute Gasteiger partial charge is 0.128 e. The van der Waals surface area contributed by atoms with Gasteiger partial charge in [0.25, 0.3) is 0 Å². The maximum absolute atomic E-state index is 10.8. The van der Waals surface area contributed by atoms with E-state index in [1.54, 1.807) is 0 Å². The Bertz CT molecular complexity index is 515. The lowest BCUT2D eigenvalue weighted by molar-refractivity contribution is -0.0824. The number of aliphatic hydroxyl groups is 1. The quantitative estimate of drug-likeness (QED) is 0.918. The van der Waals surface area contributed by atoms with Crippen molar-refractivity contribution in [2.45, 2.75) is 37.2 Å². The third-order valence-corrected chi connectivity index (χ3v) is 5.15. The van der Waals surface area contributed by atoms with E-state index < -0.39 is 5.60 Å². The Morgan fingerprint density at radius 3 is 2.91 bits per heavy atom. The third-order valence-electron chi connectivity index (χ3n) is 5.15. The number of anilines is 1. The molecule has 3 heterocycles. The SMILES string of the molecule is CN(C)c1cc(C2CCCN(CC3(O)CCOCC3)C2)ccn1. The van der Waals surface area contributed by atoms with Crippen LogP contribution in [0.4, 0.5) is 5.82 Å². The molecule has 0 radical (unpaired) electrons. The maximum atomic E-state index is 10.8. The normalized spacial score (nSPS) is 25.3. The van der Waals surface area contributed by atoms with Crippen molar-refractivity contribution < 1.29 is 9.84 Å². The Labute approximate surface area is 139 Å². The highest BCUT2D eigenvalue weighted by Crippen LogP contribution is 2.30. The van der Waals surface area contributed by atoms with Gasteiger partial charge in [-0.25, -0.2) is 4.98 Å². The number of β-amino-alcohol motifs (C(OH)–C–C–N with tert-alkyl or cyclic N) is 1. The largest absolute Gasteiger partial charge is 0.388 e. The molecule has 0 spiro atoms. The van der Waals surface area contributed by atoms with E-state index in [2.05, 4.69) is 26.9 Å². The van der Waals surface area contributed by atoms with Gasteiger partial charge in [-0.15, -0.1) is 0 Å². The number of ether oxygens (including phenoxy) is 1. The summed E-state index contributed by atoms with van der Waals surface area (Å²) in [6, 6.07) is 4.35. The summed E-state index contributed by atoms with van der Waals surface area (Å²) in [7, 11) is 4.06. The molecule has 1 unspecified atom stereocenters. The van der Waals surface area contributed by atoms with Crippen LogP contribution in [0.15, 0.2) is 18.3 Å². The lowest BCUT2D eigenvalue weighted by atomic mass is 9.88. The number of pyridine rings is 1. The molecule has 1 atom stereocenters. The summed E-state index contributed by atoms with van der Waals surface area (Å²) in [5.74, 6) is 1.55. The van der Waals surface area contributed by atoms with Crippen molar-refractivity contribution in [3.63, 3.8) is 0 Å². The van der Waals surface area contributed by atoms with E-state index in [4.69, 9.17) is 4.74 Å². The van der Waals surface area contributed by atoms with Gasteiger partial charge in [0.05, 0.1) is 5.60 Å². The molecule has 1 aromatic heterocycles. The predicted molar refractivity (Wildman–Crippen MR) is 92.0 cm³/mol. The van der Waals surface area contributed by atoms with E-state index in [9.17, 15) is 5.11 Å². The van der Waals surface area contributed by atoms with Crippen LogP contribution < -0.4 is 4.90 Å². The summed E-state index contributed by atoms with van der Waals surface area (Å²) in [4.78, 5) is 8.91. The Morgan fingerprint density at radius 2 is 2.17 bits per heavy atom. The fourth-order valence-electron chi connectivity index (χ4n) is 3.73. The van der Waals surface area contributed by atoms with Crippen molar-refractivity contribution >= 4 is 5.82 Å². The molecular formula is C18H29N3O2. The summed E-state index contributed by atoms with van der Waals surface area (Å²) in [5, 5.41) is 10.8. The van der Waals surface area contributed by atoms with Crippen molar-refractivity contribution in [3.8, 4) is 0 Å². The monoisotopic (exact) mass is 319 g/mol. The number of hydrogen-bond donors (Lipinski definition) is 1. The number of rotatable bonds is 4. The van der Waals surface area contributed by atoms with Crippen LogP contribution in [0.3, 0.4) is 0 Å². The van der Waals surface area contributed by atoms with Crippen molar-refractivity contribution in [1.82, 2.24) is 9.88 Å². The van der Waals surface area contributed by atoms with Crippen molar-refractivity contribution in [3.05, 3.63) is 23.9 Å². The minimum Gasteiger partial charge on any atom is -0.388 e. The lowest BCUT2D eigenvalue weighted by Gasteiger charge is -2.40. The lowest BCUT2D eigenvalue weighted by Crippen LogP contribution is -2.49. The van der Waals surface area contributed by atoms with Crippen LogP contribution in [0, 0.1) is 0 Å². The highest BCUT2D eigenvalue weighted by Gasteiger charge is 2.33. The van der Waals surface area contributed by atoms with Gasteiger partial charge >= 0.3 is 0 Å². The fourth-order valence-corrected chi connectivity index (χ4v) is 3.73. The fraction of sp³-hybridized carbons (Fsp3) is 0.722. The average molecular weight is 319 g/mol. The molecule has 2 aliphatic rings. The van der Waals surface area contributed by atoms with Crippen LogP contribution in [0.2, 0.25) is 0 Å². The summed E-state index contributed by atoms with van der Waals surface area (Å²) >= 11 is 0. The van der Waals surface area contributed by atoms with Crippen LogP contribution in [0.25, 0.3) is 0 Å². The molecule has 5 heteroatoms. The Balaban J connectivity index is 1.65. The second kappa shape index (κ2) is 7.16. The van der Waals surface area contributed by atoms with Gasteiger partial charge in [-0.1, -0.05) is 0 Å². The van der Waals surface area contributed by atoms with Crippen molar-refractivity contribution in [1.29, 1.82) is 0 Å². The second-order valence-electron chi connectivity index (χ2n) is 7.25. The molecule has 1 aromatic rings. The van der Waals surface area contributed by atoms with Crippen LogP contribution in [0.5, 0.6) is 0 Å². The molecule has 0 saturated carbocycles. The van der Waals surface area contributed by atoms with Gasteiger partial charge in [0.1, 0.15) is 5.82 Å². The molecular weight excluding hydrogens is 290 g/mol. The molecule has 5 nitrogen and oxygen atoms in total. The van der Waals surface area contributed by atoms with E-state index in [0.717, 1.165) is 38.3 Å². The summed E-state index contributed by atoms with van der Waals surface area (Å²) in [6.45, 7) is 4.26. The standard InChI is InChI=1S/C18H29N3O2/c1-20(2)17-12-15(5-8-19-17)16-4-3-9-21(13-16)14-18(22)6-10-23-11-7-18/h5,8,12,16,22H,3-4,6-7,9-11,13-14H2,1-2H3. The molecule has 1 N–H and O–H groups in total. The van der Waals surface area contributed by atoms with Crippen molar-refractivity contribution in [2.75, 3.05) is 51.8 Å². The van der Waals surface area contributed by atoms with E-state index >= 15 is 0 Å². The van der Waals surface area contributed by atoms with Gasteiger partial charge < -0.3 is 14.7 Å². The molecule has 128 valence electrons. The minimum absolute atomic E-state index is 0.536. The maximum Gasteiger partial charge on any atom is 0.128 e. The summed E-state index contributed by atoms with van der Waals surface area (Å²) in [6.07, 6.45) is 5.84. The van der Waals surface area contributed by atoms with E-state index in [1.807, 2.05) is 20.3 Å².